The van der Waals surface area contributed by atoms with Crippen LogP contribution < -0.4 is 10.4 Å². The first kappa shape index (κ1) is 24.4. The molecule has 0 aliphatic carbocycles. The predicted octanol–water partition coefficient (Wildman–Crippen LogP) is 9.77. The van der Waals surface area contributed by atoms with Crippen LogP contribution >= 0.6 is 0 Å². The second kappa shape index (κ2) is 9.61. The zero-order valence-corrected chi connectivity index (χ0v) is 23.4. The summed E-state index contributed by atoms with van der Waals surface area (Å²) < 4.78 is 6.39. The molecule has 1 heteroatoms. The third-order valence-electron chi connectivity index (χ3n) is 8.55. The average Bonchev–Trinajstić information content (AvgIpc) is 3.34. The molecular weight excluding hydrogens is 508 g/mol. The van der Waals surface area contributed by atoms with Crippen molar-refractivity contribution in [2.24, 2.45) is 0 Å². The quantitative estimate of drug-likeness (QED) is 0.205. The SMILES string of the molecule is C=c1cccc/c1=C/c1c(C)oc2cc(-c3c4ccccc4c(-c4cccc5ccccc45)c4ccccc34)ccc12. The van der Waals surface area contributed by atoms with Crippen molar-refractivity contribution >= 4 is 55.9 Å². The molecule has 0 bridgehead atoms. The summed E-state index contributed by atoms with van der Waals surface area (Å²) in [5.74, 6) is 0.909. The molecular formula is C41H28O. The molecule has 0 aliphatic rings. The second-order valence-electron chi connectivity index (χ2n) is 11.0. The summed E-state index contributed by atoms with van der Waals surface area (Å²) in [6.07, 6.45) is 2.19. The number of aryl methyl sites for hydroxylation is 1. The normalized spacial score (nSPS) is 12.2. The zero-order valence-electron chi connectivity index (χ0n) is 23.4. The van der Waals surface area contributed by atoms with Gasteiger partial charge in [0, 0.05) is 10.9 Å². The smallest absolute Gasteiger partial charge is 0.135 e. The van der Waals surface area contributed by atoms with Crippen LogP contribution in [0, 0.1) is 6.92 Å². The second-order valence-corrected chi connectivity index (χ2v) is 11.0. The minimum Gasteiger partial charge on any atom is -0.461 e. The summed E-state index contributed by atoms with van der Waals surface area (Å²) in [5.41, 5.74) is 6.92. The molecule has 1 heterocycles. The van der Waals surface area contributed by atoms with Gasteiger partial charge in [-0.2, -0.15) is 0 Å². The monoisotopic (exact) mass is 536 g/mol. The Hall–Kier alpha value is -5.40. The molecule has 8 aromatic rings. The van der Waals surface area contributed by atoms with Crippen molar-refractivity contribution in [1.29, 1.82) is 0 Å². The van der Waals surface area contributed by atoms with Crippen LogP contribution in [0.25, 0.3) is 78.2 Å². The van der Waals surface area contributed by atoms with Gasteiger partial charge in [-0.15, -0.1) is 0 Å². The first-order valence-corrected chi connectivity index (χ1v) is 14.4. The van der Waals surface area contributed by atoms with Gasteiger partial charge in [-0.05, 0) is 90.1 Å². The first-order valence-electron chi connectivity index (χ1n) is 14.4. The molecule has 42 heavy (non-hydrogen) atoms. The van der Waals surface area contributed by atoms with Crippen LogP contribution in [0.1, 0.15) is 11.3 Å². The molecule has 0 unspecified atom stereocenters. The molecule has 198 valence electrons. The van der Waals surface area contributed by atoms with Crippen molar-refractivity contribution in [1.82, 2.24) is 0 Å². The molecule has 1 nitrogen and oxygen atoms in total. The summed E-state index contributed by atoms with van der Waals surface area (Å²) >= 11 is 0. The van der Waals surface area contributed by atoms with Crippen LogP contribution in [0.15, 0.2) is 138 Å². The fourth-order valence-electron chi connectivity index (χ4n) is 6.58. The lowest BCUT2D eigenvalue weighted by atomic mass is 9.84. The molecule has 7 aromatic carbocycles. The van der Waals surface area contributed by atoms with Crippen molar-refractivity contribution in [3.05, 3.63) is 155 Å². The van der Waals surface area contributed by atoms with E-state index in [1.54, 1.807) is 0 Å². The Morgan fingerprint density at radius 2 is 1.14 bits per heavy atom. The maximum absolute atomic E-state index is 6.39. The van der Waals surface area contributed by atoms with Gasteiger partial charge in [-0.1, -0.05) is 128 Å². The van der Waals surface area contributed by atoms with Crippen LogP contribution in [0.2, 0.25) is 0 Å². The van der Waals surface area contributed by atoms with E-state index in [2.05, 4.69) is 128 Å². The molecule has 0 atom stereocenters. The number of hydrogen-bond acceptors (Lipinski definition) is 1. The standard InChI is InChI=1S/C41H28O/c1-26-12-3-4-14-29(26)24-38-27(2)42-39-25-30(22-23-32(38)39)40-34-17-7-9-19-36(34)41(37-20-10-8-18-35(37)40)33-21-11-15-28-13-5-6-16-31(28)33/h3-25H,1H2,2H3/b29-24-. The molecule has 0 saturated heterocycles. The first-order chi connectivity index (χ1) is 20.7. The van der Waals surface area contributed by atoms with E-state index in [1.165, 1.54) is 49.0 Å². The van der Waals surface area contributed by atoms with E-state index < -0.39 is 0 Å². The molecule has 0 aliphatic heterocycles. The van der Waals surface area contributed by atoms with Crippen molar-refractivity contribution in [3.8, 4) is 22.3 Å². The van der Waals surface area contributed by atoms with Gasteiger partial charge in [0.25, 0.3) is 0 Å². The molecule has 8 rings (SSSR count). The molecule has 0 saturated carbocycles. The molecule has 1 aromatic heterocycles. The maximum atomic E-state index is 6.39. The van der Waals surface area contributed by atoms with Crippen LogP contribution in [-0.2, 0) is 0 Å². The van der Waals surface area contributed by atoms with E-state index in [9.17, 15) is 0 Å². The predicted molar refractivity (Wildman–Crippen MR) is 179 cm³/mol. The number of rotatable bonds is 3. The van der Waals surface area contributed by atoms with E-state index in [0.717, 1.165) is 38.3 Å². The van der Waals surface area contributed by atoms with Gasteiger partial charge >= 0.3 is 0 Å². The minimum absolute atomic E-state index is 0.893. The highest BCUT2D eigenvalue weighted by Crippen LogP contribution is 2.45. The Bertz CT molecular complexity index is 2380. The summed E-state index contributed by atoms with van der Waals surface area (Å²) in [6.45, 7) is 6.25. The summed E-state index contributed by atoms with van der Waals surface area (Å²) in [5, 5.41) is 10.7. The largest absolute Gasteiger partial charge is 0.461 e. The van der Waals surface area contributed by atoms with Crippen molar-refractivity contribution < 1.29 is 4.42 Å². The Kier molecular flexibility index (Phi) is 5.58. The highest BCUT2D eigenvalue weighted by molar-refractivity contribution is 6.23. The van der Waals surface area contributed by atoms with Crippen LogP contribution in [0.3, 0.4) is 0 Å². The van der Waals surface area contributed by atoms with E-state index in [0.29, 0.717) is 0 Å². The lowest BCUT2D eigenvalue weighted by molar-refractivity contribution is 0.577. The summed E-state index contributed by atoms with van der Waals surface area (Å²) in [4.78, 5) is 0. The Morgan fingerprint density at radius 1 is 0.548 bits per heavy atom. The molecule has 0 amide bonds. The lowest BCUT2D eigenvalue weighted by Gasteiger charge is -2.18. The van der Waals surface area contributed by atoms with Crippen LogP contribution in [-0.4, -0.2) is 0 Å². The highest BCUT2D eigenvalue weighted by Gasteiger charge is 2.19. The van der Waals surface area contributed by atoms with Crippen LogP contribution in [0.4, 0.5) is 0 Å². The lowest BCUT2D eigenvalue weighted by Crippen LogP contribution is -2.21. The Balaban J connectivity index is 1.42. The highest BCUT2D eigenvalue weighted by atomic mass is 16.3. The van der Waals surface area contributed by atoms with Crippen molar-refractivity contribution in [2.45, 2.75) is 6.92 Å². The molecule has 0 radical (unpaired) electrons. The number of benzene rings is 7. The van der Waals surface area contributed by atoms with E-state index in [-0.39, 0.29) is 0 Å². The molecule has 0 N–H and O–H groups in total. The Morgan fingerprint density at radius 3 is 1.86 bits per heavy atom. The van der Waals surface area contributed by atoms with E-state index >= 15 is 0 Å². The van der Waals surface area contributed by atoms with Gasteiger partial charge in [0.05, 0.1) is 0 Å². The Labute approximate surface area is 244 Å². The fourth-order valence-corrected chi connectivity index (χ4v) is 6.58. The van der Waals surface area contributed by atoms with Gasteiger partial charge < -0.3 is 4.42 Å². The number of fused-ring (bicyclic) bond motifs is 4. The van der Waals surface area contributed by atoms with Crippen molar-refractivity contribution in [3.63, 3.8) is 0 Å². The van der Waals surface area contributed by atoms with Gasteiger partial charge in [-0.3, -0.25) is 0 Å². The fraction of sp³-hybridized carbons (Fsp3) is 0.0244. The third kappa shape index (κ3) is 3.78. The molecule has 0 spiro atoms. The van der Waals surface area contributed by atoms with Gasteiger partial charge in [-0.25, -0.2) is 0 Å². The summed E-state index contributed by atoms with van der Waals surface area (Å²) in [7, 11) is 0. The van der Waals surface area contributed by atoms with Gasteiger partial charge in [0.2, 0.25) is 0 Å². The van der Waals surface area contributed by atoms with Gasteiger partial charge in [0.15, 0.2) is 0 Å². The maximum Gasteiger partial charge on any atom is 0.135 e. The third-order valence-corrected chi connectivity index (χ3v) is 8.55. The topological polar surface area (TPSA) is 13.1 Å². The minimum atomic E-state index is 0.893. The van der Waals surface area contributed by atoms with Crippen LogP contribution in [0.5, 0.6) is 0 Å². The molecule has 0 fully saturated rings. The zero-order chi connectivity index (χ0) is 28.2. The van der Waals surface area contributed by atoms with Crippen molar-refractivity contribution in [2.75, 3.05) is 0 Å². The van der Waals surface area contributed by atoms with E-state index in [4.69, 9.17) is 4.42 Å². The number of furan rings is 1. The number of hydrogen-bond donors (Lipinski definition) is 0. The van der Waals surface area contributed by atoms with Gasteiger partial charge in [0.1, 0.15) is 11.3 Å². The van der Waals surface area contributed by atoms with E-state index in [1.807, 2.05) is 25.1 Å². The summed E-state index contributed by atoms with van der Waals surface area (Å²) in [6, 6.07) is 47.8. The average molecular weight is 537 g/mol.